The Bertz CT molecular complexity index is 267. The molecule has 0 unspecified atom stereocenters. The van der Waals surface area contributed by atoms with Gasteiger partial charge in [0.25, 0.3) is 6.43 Å². The number of nitrogens with zero attached hydrogens (tertiary/aromatic N) is 1. The summed E-state index contributed by atoms with van der Waals surface area (Å²) in [5, 5.41) is 8.91. The van der Waals surface area contributed by atoms with Crippen LogP contribution in [0.15, 0.2) is 16.9 Å². The summed E-state index contributed by atoms with van der Waals surface area (Å²) < 4.78 is 24.0. The smallest absolute Gasteiger partial charge is 0.265 e. The van der Waals surface area contributed by atoms with Crippen LogP contribution >= 0.6 is 15.9 Å². The Kier molecular flexibility index (Phi) is 2.38. The minimum atomic E-state index is -2.60. The highest BCUT2D eigenvalue weighted by atomic mass is 79.9. The Balaban J connectivity index is 3.05. The van der Waals surface area contributed by atoms with E-state index < -0.39 is 6.43 Å². The molecule has 0 bridgehead atoms. The van der Waals surface area contributed by atoms with E-state index >= 15 is 0 Å². The van der Waals surface area contributed by atoms with Gasteiger partial charge in [0.2, 0.25) is 0 Å². The highest BCUT2D eigenvalue weighted by Gasteiger charge is 2.09. The van der Waals surface area contributed by atoms with Crippen LogP contribution in [-0.2, 0) is 0 Å². The van der Waals surface area contributed by atoms with Crippen LogP contribution in [0.2, 0.25) is 0 Å². The molecule has 0 fully saturated rings. The normalized spacial score (nSPS) is 10.5. The molecule has 60 valence electrons. The van der Waals surface area contributed by atoms with E-state index in [4.69, 9.17) is 5.11 Å². The monoisotopic (exact) mass is 223 g/mol. The van der Waals surface area contributed by atoms with Crippen LogP contribution < -0.4 is 0 Å². The first-order chi connectivity index (χ1) is 5.11. The lowest BCUT2D eigenvalue weighted by Gasteiger charge is -1.99. The lowest BCUT2D eigenvalue weighted by atomic mass is 10.3. The highest BCUT2D eigenvalue weighted by Crippen LogP contribution is 2.26. The quantitative estimate of drug-likeness (QED) is 0.743. The summed E-state index contributed by atoms with van der Waals surface area (Å²) in [6.45, 7) is 0. The molecule has 1 heterocycles. The molecule has 0 amide bonds. The zero-order valence-electron chi connectivity index (χ0n) is 5.26. The molecule has 1 rings (SSSR count). The molecule has 1 aromatic heterocycles. The van der Waals surface area contributed by atoms with E-state index in [1.54, 1.807) is 0 Å². The van der Waals surface area contributed by atoms with Gasteiger partial charge in [-0.25, -0.2) is 13.8 Å². The fourth-order valence-electron chi connectivity index (χ4n) is 0.571. The van der Waals surface area contributed by atoms with E-state index in [1.807, 2.05) is 0 Å². The Labute approximate surface area is 70.0 Å². The summed E-state index contributed by atoms with van der Waals surface area (Å²) >= 11 is 2.87. The van der Waals surface area contributed by atoms with E-state index in [0.29, 0.717) is 0 Å². The van der Waals surface area contributed by atoms with Crippen molar-refractivity contribution < 1.29 is 13.9 Å². The van der Waals surface area contributed by atoms with Gasteiger partial charge in [0, 0.05) is 11.8 Å². The maximum atomic E-state index is 11.9. The Morgan fingerprint density at radius 3 is 2.64 bits per heavy atom. The molecule has 0 atom stereocenters. The molecular weight excluding hydrogens is 220 g/mol. The van der Waals surface area contributed by atoms with Crippen molar-refractivity contribution in [2.45, 2.75) is 6.43 Å². The van der Waals surface area contributed by atoms with Gasteiger partial charge in [-0.3, -0.25) is 0 Å². The van der Waals surface area contributed by atoms with Crippen molar-refractivity contribution in [3.8, 4) is 5.75 Å². The van der Waals surface area contributed by atoms with E-state index in [0.717, 1.165) is 12.3 Å². The van der Waals surface area contributed by atoms with E-state index in [2.05, 4.69) is 20.9 Å². The molecule has 0 aliphatic carbocycles. The Morgan fingerprint density at radius 2 is 2.18 bits per heavy atom. The molecule has 2 nitrogen and oxygen atoms in total. The Hall–Kier alpha value is -0.710. The van der Waals surface area contributed by atoms with Gasteiger partial charge in [-0.1, -0.05) is 0 Å². The Morgan fingerprint density at radius 1 is 1.55 bits per heavy atom. The van der Waals surface area contributed by atoms with Crippen molar-refractivity contribution in [1.82, 2.24) is 4.98 Å². The van der Waals surface area contributed by atoms with Gasteiger partial charge in [0.05, 0.1) is 0 Å². The number of aromatic nitrogens is 1. The van der Waals surface area contributed by atoms with Crippen LogP contribution in [0.5, 0.6) is 5.75 Å². The molecule has 0 saturated carbocycles. The van der Waals surface area contributed by atoms with Gasteiger partial charge in [0.15, 0.2) is 0 Å². The van der Waals surface area contributed by atoms with Gasteiger partial charge in [-0.2, -0.15) is 0 Å². The molecule has 0 saturated heterocycles. The number of pyridine rings is 1. The summed E-state index contributed by atoms with van der Waals surface area (Å²) in [4.78, 5) is 3.49. The summed E-state index contributed by atoms with van der Waals surface area (Å²) in [5.74, 6) is -0.275. The average Bonchev–Trinajstić information content (AvgIpc) is 1.94. The van der Waals surface area contributed by atoms with Crippen LogP contribution in [0.1, 0.15) is 12.0 Å². The minimum Gasteiger partial charge on any atom is -0.505 e. The maximum absolute atomic E-state index is 11.9. The molecule has 0 aliphatic heterocycles. The molecule has 1 aromatic rings. The summed E-state index contributed by atoms with van der Waals surface area (Å²) in [6, 6.07) is 0.974. The van der Waals surface area contributed by atoms with Gasteiger partial charge in [-0.05, 0) is 22.0 Å². The van der Waals surface area contributed by atoms with Crippen molar-refractivity contribution in [3.63, 3.8) is 0 Å². The first-order valence-electron chi connectivity index (χ1n) is 2.74. The summed E-state index contributed by atoms with van der Waals surface area (Å²) in [7, 11) is 0. The van der Waals surface area contributed by atoms with E-state index in [9.17, 15) is 8.78 Å². The van der Waals surface area contributed by atoms with Crippen molar-refractivity contribution in [1.29, 1.82) is 0 Å². The number of alkyl halides is 2. The highest BCUT2D eigenvalue weighted by molar-refractivity contribution is 9.10. The van der Waals surface area contributed by atoms with Gasteiger partial charge in [-0.15, -0.1) is 0 Å². The van der Waals surface area contributed by atoms with Crippen molar-refractivity contribution in [3.05, 3.63) is 22.4 Å². The summed E-state index contributed by atoms with van der Waals surface area (Å²) in [6.07, 6.45) is -1.59. The third-order valence-electron chi connectivity index (χ3n) is 1.09. The van der Waals surface area contributed by atoms with Gasteiger partial charge >= 0.3 is 0 Å². The predicted molar refractivity (Wildman–Crippen MR) is 38.6 cm³/mol. The first-order valence-corrected chi connectivity index (χ1v) is 3.53. The third kappa shape index (κ3) is 1.86. The average molecular weight is 224 g/mol. The third-order valence-corrected chi connectivity index (χ3v) is 1.70. The van der Waals surface area contributed by atoms with Crippen molar-refractivity contribution in [2.24, 2.45) is 0 Å². The number of hydrogen-bond donors (Lipinski definition) is 1. The standard InChI is InChI=1S/C6H4BrF2NO/c7-5-4(11)1-3(2-10-5)6(8)9/h1-2,6,11H. The molecule has 1 N–H and O–H groups in total. The summed E-state index contributed by atoms with van der Waals surface area (Å²) in [5.41, 5.74) is -0.286. The molecular formula is C6H4BrF2NO. The number of hydrogen-bond acceptors (Lipinski definition) is 2. The molecule has 0 spiro atoms. The van der Waals surface area contributed by atoms with Crippen LogP contribution in [0, 0.1) is 0 Å². The zero-order chi connectivity index (χ0) is 8.43. The van der Waals surface area contributed by atoms with Crippen LogP contribution in [-0.4, -0.2) is 10.1 Å². The molecule has 0 radical (unpaired) electrons. The van der Waals surface area contributed by atoms with E-state index in [-0.39, 0.29) is 15.9 Å². The lowest BCUT2D eigenvalue weighted by molar-refractivity contribution is 0.150. The molecule has 0 aromatic carbocycles. The van der Waals surface area contributed by atoms with Crippen LogP contribution in [0.4, 0.5) is 8.78 Å². The van der Waals surface area contributed by atoms with Crippen molar-refractivity contribution in [2.75, 3.05) is 0 Å². The lowest BCUT2D eigenvalue weighted by Crippen LogP contribution is -1.86. The molecule has 5 heteroatoms. The number of halogens is 3. The molecule has 0 aliphatic rings. The van der Waals surface area contributed by atoms with Gasteiger partial charge in [0.1, 0.15) is 10.4 Å². The second-order valence-corrected chi connectivity index (χ2v) is 2.63. The predicted octanol–water partition coefficient (Wildman–Crippen LogP) is 2.49. The largest absolute Gasteiger partial charge is 0.505 e. The minimum absolute atomic E-state index is 0.168. The molecule has 11 heavy (non-hydrogen) atoms. The fraction of sp³-hybridized carbons (Fsp3) is 0.167. The second-order valence-electron chi connectivity index (χ2n) is 1.88. The topological polar surface area (TPSA) is 33.1 Å². The maximum Gasteiger partial charge on any atom is 0.265 e. The first kappa shape index (κ1) is 8.39. The van der Waals surface area contributed by atoms with Crippen LogP contribution in [0.3, 0.4) is 0 Å². The zero-order valence-corrected chi connectivity index (χ0v) is 6.85. The van der Waals surface area contributed by atoms with Crippen LogP contribution in [0.25, 0.3) is 0 Å². The SMILES string of the molecule is Oc1cc(C(F)F)cnc1Br. The fourth-order valence-corrected chi connectivity index (χ4v) is 0.788. The van der Waals surface area contributed by atoms with E-state index in [1.165, 1.54) is 0 Å². The van der Waals surface area contributed by atoms with Gasteiger partial charge < -0.3 is 5.11 Å². The number of rotatable bonds is 1. The van der Waals surface area contributed by atoms with Crippen molar-refractivity contribution >= 4 is 15.9 Å². The second kappa shape index (κ2) is 3.13. The number of aromatic hydroxyl groups is 1.